The minimum atomic E-state index is -3.76. The first-order chi connectivity index (χ1) is 10.8. The number of hydrogen-bond donors (Lipinski definition) is 2. The van der Waals surface area contributed by atoms with E-state index in [4.69, 9.17) is 0 Å². The molecule has 0 bridgehead atoms. The monoisotopic (exact) mass is 418 g/mol. The molecule has 0 radical (unpaired) electrons. The highest BCUT2D eigenvalue weighted by Gasteiger charge is 2.18. The molecule has 0 unspecified atom stereocenters. The maximum Gasteiger partial charge on any atom is 0.263 e. The number of hydrogen-bond acceptors (Lipinski definition) is 4. The van der Waals surface area contributed by atoms with E-state index in [1.807, 2.05) is 0 Å². The molecule has 0 aromatic heterocycles. The van der Waals surface area contributed by atoms with Crippen LogP contribution in [0.5, 0.6) is 0 Å². The fourth-order valence-corrected chi connectivity index (χ4v) is 4.95. The molecule has 0 heterocycles. The predicted molar refractivity (Wildman–Crippen MR) is 92.3 cm³/mol. The standard InChI is InChI=1S/C14H15BrN2O4S2/c1-2-16-22(18,19)12-9-7-11(8-10-12)17-23(20,21)14-6-4-3-5-13(14)15/h3-10,16-17H,2H2,1H3. The van der Waals surface area contributed by atoms with Crippen molar-refractivity contribution >= 4 is 41.7 Å². The van der Waals surface area contributed by atoms with Crippen LogP contribution < -0.4 is 9.44 Å². The third-order valence-electron chi connectivity index (χ3n) is 2.88. The summed E-state index contributed by atoms with van der Waals surface area (Å²) in [5.74, 6) is 0. The Morgan fingerprint density at radius 2 is 1.52 bits per heavy atom. The van der Waals surface area contributed by atoms with Crippen molar-refractivity contribution in [1.82, 2.24) is 4.72 Å². The maximum atomic E-state index is 12.3. The van der Waals surface area contributed by atoms with Gasteiger partial charge in [-0.1, -0.05) is 19.1 Å². The van der Waals surface area contributed by atoms with Crippen LogP contribution in [0.2, 0.25) is 0 Å². The molecular formula is C14H15BrN2O4S2. The van der Waals surface area contributed by atoms with E-state index < -0.39 is 20.0 Å². The van der Waals surface area contributed by atoms with Crippen LogP contribution in [-0.2, 0) is 20.0 Å². The second-order valence-corrected chi connectivity index (χ2v) is 8.83. The van der Waals surface area contributed by atoms with E-state index in [-0.39, 0.29) is 22.0 Å². The Morgan fingerprint density at radius 3 is 2.09 bits per heavy atom. The van der Waals surface area contributed by atoms with Gasteiger partial charge < -0.3 is 0 Å². The first-order valence-electron chi connectivity index (χ1n) is 6.63. The summed E-state index contributed by atoms with van der Waals surface area (Å²) in [6, 6.07) is 11.9. The van der Waals surface area contributed by atoms with Gasteiger partial charge in [0, 0.05) is 16.7 Å². The Morgan fingerprint density at radius 1 is 0.913 bits per heavy atom. The fourth-order valence-electron chi connectivity index (χ4n) is 1.85. The number of halogens is 1. The van der Waals surface area contributed by atoms with Crippen LogP contribution in [0.15, 0.2) is 62.8 Å². The van der Waals surface area contributed by atoms with Crippen molar-refractivity contribution < 1.29 is 16.8 Å². The molecule has 9 heteroatoms. The van der Waals surface area contributed by atoms with Gasteiger partial charge in [0.05, 0.1) is 4.90 Å². The number of benzene rings is 2. The Labute approximate surface area is 144 Å². The SMILES string of the molecule is CCNS(=O)(=O)c1ccc(NS(=O)(=O)c2ccccc2Br)cc1. The van der Waals surface area contributed by atoms with E-state index in [0.717, 1.165) is 0 Å². The van der Waals surface area contributed by atoms with Gasteiger partial charge in [-0.15, -0.1) is 0 Å². The minimum Gasteiger partial charge on any atom is -0.280 e. The summed E-state index contributed by atoms with van der Waals surface area (Å²) in [4.78, 5) is 0.174. The minimum absolute atomic E-state index is 0.0724. The van der Waals surface area contributed by atoms with Crippen LogP contribution in [0.3, 0.4) is 0 Å². The Balaban J connectivity index is 2.27. The quantitative estimate of drug-likeness (QED) is 0.753. The molecule has 2 N–H and O–H groups in total. The zero-order chi connectivity index (χ0) is 17.1. The molecule has 0 aliphatic carbocycles. The molecule has 2 rings (SSSR count). The van der Waals surface area contributed by atoms with Crippen LogP contribution in [0.1, 0.15) is 6.92 Å². The molecule has 0 fully saturated rings. The molecule has 0 spiro atoms. The summed E-state index contributed by atoms with van der Waals surface area (Å²) in [6.07, 6.45) is 0. The van der Waals surface area contributed by atoms with E-state index >= 15 is 0 Å². The zero-order valence-corrected chi connectivity index (χ0v) is 15.4. The first kappa shape index (κ1) is 17.9. The summed E-state index contributed by atoms with van der Waals surface area (Å²) in [5.41, 5.74) is 0.274. The van der Waals surface area contributed by atoms with Crippen molar-refractivity contribution in [3.05, 3.63) is 53.0 Å². The van der Waals surface area contributed by atoms with Crippen LogP contribution in [0, 0.1) is 0 Å². The molecule has 0 atom stereocenters. The largest absolute Gasteiger partial charge is 0.280 e. The number of nitrogens with one attached hydrogen (secondary N) is 2. The van der Waals surface area contributed by atoms with Gasteiger partial charge in [-0.3, -0.25) is 4.72 Å². The van der Waals surface area contributed by atoms with Gasteiger partial charge in [0.25, 0.3) is 10.0 Å². The van der Waals surface area contributed by atoms with E-state index in [2.05, 4.69) is 25.4 Å². The maximum absolute atomic E-state index is 12.3. The Hall–Kier alpha value is -1.42. The van der Waals surface area contributed by atoms with Crippen LogP contribution in [-0.4, -0.2) is 23.4 Å². The van der Waals surface area contributed by atoms with E-state index in [9.17, 15) is 16.8 Å². The van der Waals surface area contributed by atoms with Crippen molar-refractivity contribution in [2.24, 2.45) is 0 Å². The van der Waals surface area contributed by atoms with Gasteiger partial charge in [0.2, 0.25) is 10.0 Å². The molecule has 6 nitrogen and oxygen atoms in total. The third-order valence-corrected chi connectivity index (χ3v) is 6.83. The van der Waals surface area contributed by atoms with Gasteiger partial charge in [-0.05, 0) is 52.3 Å². The van der Waals surface area contributed by atoms with Gasteiger partial charge in [0.1, 0.15) is 4.90 Å². The number of rotatable bonds is 6. The zero-order valence-electron chi connectivity index (χ0n) is 12.2. The van der Waals surface area contributed by atoms with Crippen molar-refractivity contribution in [3.63, 3.8) is 0 Å². The van der Waals surface area contributed by atoms with Gasteiger partial charge in [-0.2, -0.15) is 0 Å². The first-order valence-corrected chi connectivity index (χ1v) is 10.4. The molecule has 0 saturated heterocycles. The Bertz CT molecular complexity index is 895. The lowest BCUT2D eigenvalue weighted by atomic mass is 10.3. The van der Waals surface area contributed by atoms with Crippen LogP contribution in [0.25, 0.3) is 0 Å². The normalized spacial score (nSPS) is 12.1. The molecule has 23 heavy (non-hydrogen) atoms. The average Bonchev–Trinajstić information content (AvgIpc) is 2.47. The molecule has 0 aliphatic heterocycles. The lowest BCUT2D eigenvalue weighted by Gasteiger charge is -2.10. The summed E-state index contributed by atoms with van der Waals surface area (Å²) < 4.78 is 53.6. The fraction of sp³-hybridized carbons (Fsp3) is 0.143. The van der Waals surface area contributed by atoms with Crippen molar-refractivity contribution in [1.29, 1.82) is 0 Å². The van der Waals surface area contributed by atoms with E-state index in [0.29, 0.717) is 4.47 Å². The highest BCUT2D eigenvalue weighted by molar-refractivity contribution is 9.10. The molecule has 2 aromatic rings. The van der Waals surface area contributed by atoms with Crippen LogP contribution in [0.4, 0.5) is 5.69 Å². The molecule has 0 amide bonds. The van der Waals surface area contributed by atoms with Gasteiger partial charge in [0.15, 0.2) is 0 Å². The molecule has 124 valence electrons. The van der Waals surface area contributed by atoms with E-state index in [1.54, 1.807) is 25.1 Å². The lowest BCUT2D eigenvalue weighted by molar-refractivity contribution is 0.584. The van der Waals surface area contributed by atoms with Crippen molar-refractivity contribution in [3.8, 4) is 0 Å². The van der Waals surface area contributed by atoms with Crippen molar-refractivity contribution in [2.75, 3.05) is 11.3 Å². The number of anilines is 1. The Kier molecular flexibility index (Phi) is 5.45. The molecule has 0 saturated carbocycles. The lowest BCUT2D eigenvalue weighted by Crippen LogP contribution is -2.23. The predicted octanol–water partition coefficient (Wildman–Crippen LogP) is 2.55. The molecular weight excluding hydrogens is 404 g/mol. The average molecular weight is 419 g/mol. The summed E-state index contributed by atoms with van der Waals surface area (Å²) >= 11 is 3.19. The third kappa shape index (κ3) is 4.31. The van der Waals surface area contributed by atoms with E-state index in [1.165, 1.54) is 30.3 Å². The summed E-state index contributed by atoms with van der Waals surface area (Å²) in [6.45, 7) is 1.95. The highest BCUT2D eigenvalue weighted by Crippen LogP contribution is 2.24. The van der Waals surface area contributed by atoms with Crippen molar-refractivity contribution in [2.45, 2.75) is 16.7 Å². The smallest absolute Gasteiger partial charge is 0.263 e. The summed E-state index contributed by atoms with van der Waals surface area (Å²) in [7, 11) is -7.33. The molecule has 0 aliphatic rings. The van der Waals surface area contributed by atoms with Crippen LogP contribution >= 0.6 is 15.9 Å². The summed E-state index contributed by atoms with van der Waals surface area (Å²) in [5, 5.41) is 0. The highest BCUT2D eigenvalue weighted by atomic mass is 79.9. The molecule has 2 aromatic carbocycles. The van der Waals surface area contributed by atoms with Gasteiger partial charge >= 0.3 is 0 Å². The second-order valence-electron chi connectivity index (χ2n) is 4.56. The van der Waals surface area contributed by atoms with Gasteiger partial charge in [-0.25, -0.2) is 21.6 Å². The topological polar surface area (TPSA) is 92.3 Å². The number of sulfonamides is 2. The second kappa shape index (κ2) is 7.00.